The Kier molecular flexibility index (Phi) is 12.7. The second kappa shape index (κ2) is 15.2. The number of esters is 1. The van der Waals surface area contributed by atoms with Gasteiger partial charge in [-0.1, -0.05) is 73.3 Å². The number of rotatable bonds is 14. The smallest absolute Gasteiger partial charge is 0.305 e. The first-order chi connectivity index (χ1) is 16.3. The van der Waals surface area contributed by atoms with Crippen molar-refractivity contribution in [3.63, 3.8) is 0 Å². The molecule has 8 heteroatoms. The van der Waals surface area contributed by atoms with Gasteiger partial charge in [0.25, 0.3) is 0 Å². The van der Waals surface area contributed by atoms with Gasteiger partial charge >= 0.3 is 5.97 Å². The highest BCUT2D eigenvalue weighted by atomic mass is 35.5. The number of unbranched alkanes of at least 4 members (excludes halogenated alkanes) is 2. The molecule has 0 bridgehead atoms. The van der Waals surface area contributed by atoms with E-state index < -0.39 is 16.7 Å². The lowest BCUT2D eigenvalue weighted by atomic mass is 10.0. The van der Waals surface area contributed by atoms with Crippen molar-refractivity contribution in [1.82, 2.24) is 4.90 Å². The maximum absolute atomic E-state index is 13.6. The number of halogens is 2. The number of hydrogen-bond donors (Lipinski definition) is 0. The maximum Gasteiger partial charge on any atom is 0.305 e. The van der Waals surface area contributed by atoms with Crippen LogP contribution in [0.1, 0.15) is 44.6 Å². The number of amides is 1. The van der Waals surface area contributed by atoms with E-state index in [1.807, 2.05) is 35.2 Å². The van der Waals surface area contributed by atoms with Crippen LogP contribution in [0.25, 0.3) is 0 Å². The minimum Gasteiger partial charge on any atom is -0.469 e. The number of carbonyl (C=O) groups excluding carboxylic acids is 2. The van der Waals surface area contributed by atoms with E-state index in [1.165, 1.54) is 7.11 Å². The lowest BCUT2D eigenvalue weighted by Gasteiger charge is -2.27. The Balaban J connectivity index is 2.19. The zero-order valence-electron chi connectivity index (χ0n) is 19.8. The molecule has 0 saturated carbocycles. The zero-order valence-corrected chi connectivity index (χ0v) is 22.1. The number of nitrogens with zero attached hydrogens (tertiary/aromatic N) is 1. The van der Waals surface area contributed by atoms with Crippen LogP contribution in [-0.2, 0) is 31.5 Å². The summed E-state index contributed by atoms with van der Waals surface area (Å²) in [5, 5.41) is 0.692. The lowest BCUT2D eigenvalue weighted by molar-refractivity contribution is -0.141. The summed E-state index contributed by atoms with van der Waals surface area (Å²) in [4.78, 5) is 27.8. The fourth-order valence-electron chi connectivity index (χ4n) is 3.62. The molecule has 1 amide bonds. The second-order valence-corrected chi connectivity index (χ2v) is 10.5. The topological polar surface area (TPSA) is 63.7 Å². The quantitative estimate of drug-likeness (QED) is 0.226. The van der Waals surface area contributed by atoms with Gasteiger partial charge in [-0.3, -0.25) is 13.8 Å². The van der Waals surface area contributed by atoms with Gasteiger partial charge in [-0.2, -0.15) is 0 Å². The summed E-state index contributed by atoms with van der Waals surface area (Å²) in [5.74, 6) is -0.945. The molecule has 2 atom stereocenters. The van der Waals surface area contributed by atoms with Crippen LogP contribution in [0.3, 0.4) is 0 Å². The minimum atomic E-state index is -1.48. The Morgan fingerprint density at radius 2 is 1.76 bits per heavy atom. The first kappa shape index (κ1) is 28.3. The minimum absolute atomic E-state index is 0.0793. The first-order valence-corrected chi connectivity index (χ1v) is 13.7. The highest BCUT2D eigenvalue weighted by Crippen LogP contribution is 2.26. The molecular weight excluding hydrogens is 493 g/mol. The molecule has 0 heterocycles. The van der Waals surface area contributed by atoms with Gasteiger partial charge in [0.1, 0.15) is 0 Å². The van der Waals surface area contributed by atoms with E-state index in [-0.39, 0.29) is 30.5 Å². The molecule has 0 aliphatic heterocycles. The summed E-state index contributed by atoms with van der Waals surface area (Å²) in [6, 6.07) is 14.8. The fourth-order valence-corrected chi connectivity index (χ4v) is 5.32. The van der Waals surface area contributed by atoms with Crippen LogP contribution in [0.2, 0.25) is 10.0 Å². The Morgan fingerprint density at radius 3 is 2.41 bits per heavy atom. The summed E-state index contributed by atoms with van der Waals surface area (Å²) in [6.07, 6.45) is 4.07. The molecular formula is C26H33Cl2NO4S. The van der Waals surface area contributed by atoms with Crippen LogP contribution < -0.4 is 0 Å². The molecule has 0 spiro atoms. The standard InChI is InChI=1S/C26H33Cl2NO4S/c1-3-4-8-16-29(17-15-20-9-6-5-7-10-20)26(31)21(11-14-25(30)33-2)19-34(32)22-12-13-23(27)24(28)18-22/h5-7,9-10,12-13,18,21H,3-4,8,11,14-17,19H2,1-2H3. The fraction of sp³-hybridized carbons (Fsp3) is 0.462. The van der Waals surface area contributed by atoms with Crippen LogP contribution in [0.15, 0.2) is 53.4 Å². The summed E-state index contributed by atoms with van der Waals surface area (Å²) in [7, 11) is -0.152. The van der Waals surface area contributed by atoms with Crippen molar-refractivity contribution in [2.24, 2.45) is 5.92 Å². The molecule has 0 saturated heterocycles. The zero-order chi connectivity index (χ0) is 24.9. The van der Waals surface area contributed by atoms with Crippen LogP contribution >= 0.6 is 23.2 Å². The maximum atomic E-state index is 13.6. The van der Waals surface area contributed by atoms with Gasteiger partial charge in [-0.15, -0.1) is 0 Å². The molecule has 34 heavy (non-hydrogen) atoms. The molecule has 0 aliphatic carbocycles. The van der Waals surface area contributed by atoms with E-state index in [4.69, 9.17) is 27.9 Å². The third-order valence-corrected chi connectivity index (χ3v) is 7.86. The van der Waals surface area contributed by atoms with Crippen molar-refractivity contribution in [2.75, 3.05) is 26.0 Å². The predicted octanol–water partition coefficient (Wildman–Crippen LogP) is 5.93. The molecule has 2 aromatic carbocycles. The molecule has 2 aromatic rings. The van der Waals surface area contributed by atoms with Crippen molar-refractivity contribution >= 4 is 45.9 Å². The van der Waals surface area contributed by atoms with Gasteiger partial charge in [0, 0.05) is 30.2 Å². The number of hydrogen-bond acceptors (Lipinski definition) is 4. The van der Waals surface area contributed by atoms with Gasteiger partial charge in [0.15, 0.2) is 0 Å². The predicted molar refractivity (Wildman–Crippen MR) is 139 cm³/mol. The van der Waals surface area contributed by atoms with E-state index in [2.05, 4.69) is 6.92 Å². The van der Waals surface area contributed by atoms with Gasteiger partial charge < -0.3 is 9.64 Å². The average Bonchev–Trinajstić information content (AvgIpc) is 2.85. The molecule has 0 aliphatic rings. The van der Waals surface area contributed by atoms with Crippen LogP contribution in [0, 0.1) is 5.92 Å². The Hall–Kier alpha value is -1.89. The van der Waals surface area contributed by atoms with Crippen LogP contribution in [0.4, 0.5) is 0 Å². The molecule has 0 fully saturated rings. The third-order valence-electron chi connectivity index (χ3n) is 5.64. The van der Waals surface area contributed by atoms with E-state index in [1.54, 1.807) is 18.2 Å². The third kappa shape index (κ3) is 9.40. The highest BCUT2D eigenvalue weighted by molar-refractivity contribution is 7.85. The lowest BCUT2D eigenvalue weighted by Crippen LogP contribution is -2.40. The molecule has 2 unspecified atom stereocenters. The molecule has 0 radical (unpaired) electrons. The number of methoxy groups -OCH3 is 1. The Morgan fingerprint density at radius 1 is 1.03 bits per heavy atom. The normalized spacial score (nSPS) is 12.7. The molecule has 5 nitrogen and oxygen atoms in total. The van der Waals surface area contributed by atoms with E-state index >= 15 is 0 Å². The first-order valence-electron chi connectivity index (χ1n) is 11.6. The largest absolute Gasteiger partial charge is 0.469 e. The number of benzene rings is 2. The second-order valence-electron chi connectivity index (χ2n) is 8.17. The van der Waals surface area contributed by atoms with Gasteiger partial charge in [-0.25, -0.2) is 0 Å². The van der Waals surface area contributed by atoms with Gasteiger partial charge in [-0.05, 0) is 43.0 Å². The van der Waals surface area contributed by atoms with Crippen LogP contribution in [0.5, 0.6) is 0 Å². The van der Waals surface area contributed by atoms with E-state index in [9.17, 15) is 13.8 Å². The van der Waals surface area contributed by atoms with Gasteiger partial charge in [0.05, 0.1) is 33.9 Å². The van der Waals surface area contributed by atoms with Gasteiger partial charge in [0.2, 0.25) is 5.91 Å². The Labute approximate surface area is 215 Å². The van der Waals surface area contributed by atoms with E-state index in [0.29, 0.717) is 28.0 Å². The Bertz CT molecular complexity index is 955. The summed E-state index contributed by atoms with van der Waals surface area (Å²) >= 11 is 12.1. The summed E-state index contributed by atoms with van der Waals surface area (Å²) in [5.41, 5.74) is 1.15. The molecule has 0 N–H and O–H groups in total. The van der Waals surface area contributed by atoms with Crippen molar-refractivity contribution in [1.29, 1.82) is 0 Å². The molecule has 186 valence electrons. The summed E-state index contributed by atoms with van der Waals surface area (Å²) < 4.78 is 17.9. The average molecular weight is 527 g/mol. The van der Waals surface area contributed by atoms with Crippen LogP contribution in [-0.4, -0.2) is 46.9 Å². The molecule has 0 aromatic heterocycles. The van der Waals surface area contributed by atoms with Crippen molar-refractivity contribution < 1.29 is 18.5 Å². The monoisotopic (exact) mass is 525 g/mol. The highest BCUT2D eigenvalue weighted by Gasteiger charge is 2.27. The van der Waals surface area contributed by atoms with Crippen molar-refractivity contribution in [2.45, 2.75) is 50.3 Å². The van der Waals surface area contributed by atoms with E-state index in [0.717, 1.165) is 31.2 Å². The summed E-state index contributed by atoms with van der Waals surface area (Å²) in [6.45, 7) is 3.32. The number of ether oxygens (including phenoxy) is 1. The van der Waals surface area contributed by atoms with Crippen molar-refractivity contribution in [3.8, 4) is 0 Å². The number of carbonyl (C=O) groups is 2. The SMILES string of the molecule is CCCCCN(CCc1ccccc1)C(=O)C(CCC(=O)OC)CS(=O)c1ccc(Cl)c(Cl)c1. The molecule has 2 rings (SSSR count). The van der Waals surface area contributed by atoms with Crippen molar-refractivity contribution in [3.05, 3.63) is 64.1 Å².